The Labute approximate surface area is 205 Å². The summed E-state index contributed by atoms with van der Waals surface area (Å²) < 4.78 is 35.1. The monoisotopic (exact) mass is 480 g/mol. The van der Waals surface area contributed by atoms with Crippen molar-refractivity contribution < 1.29 is 23.4 Å². The number of fused-ring (bicyclic) bond motifs is 5. The van der Waals surface area contributed by atoms with Crippen LogP contribution in [-0.2, 0) is 9.53 Å². The standard InChI is InChI=1S/C29H46F2O3/c1-18(16-29(30,31)17-26(3,4)33)23-9-10-24-22-8-7-20-15-21(34-19(2)32)11-13-27(20,5)25(22)12-14-28(23,24)6/h7,18,21-25,33H,8-17H2,1-6H3/t18-,21+,22+,23-,24+,25+,27+,28-/m1/s1. The second-order valence-electron chi connectivity index (χ2n) is 13.5. The molecule has 0 aliphatic heterocycles. The Balaban J connectivity index is 1.48. The molecule has 4 rings (SSSR count). The molecule has 0 aromatic rings. The van der Waals surface area contributed by atoms with Crippen LogP contribution in [0.2, 0.25) is 0 Å². The Morgan fingerprint density at radius 3 is 2.53 bits per heavy atom. The van der Waals surface area contributed by atoms with Crippen molar-refractivity contribution in [2.24, 2.45) is 40.4 Å². The molecule has 8 atom stereocenters. The summed E-state index contributed by atoms with van der Waals surface area (Å²) in [5.74, 6) is -0.864. The van der Waals surface area contributed by atoms with Gasteiger partial charge in [-0.25, -0.2) is 8.78 Å². The van der Waals surface area contributed by atoms with Crippen LogP contribution in [0.4, 0.5) is 8.78 Å². The van der Waals surface area contributed by atoms with Crippen LogP contribution in [0.3, 0.4) is 0 Å². The lowest BCUT2D eigenvalue weighted by Crippen LogP contribution is -2.51. The zero-order valence-corrected chi connectivity index (χ0v) is 22.1. The molecular weight excluding hydrogens is 434 g/mol. The van der Waals surface area contributed by atoms with E-state index in [0.717, 1.165) is 44.9 Å². The minimum Gasteiger partial charge on any atom is -0.462 e. The molecule has 0 aromatic heterocycles. The molecule has 0 bridgehead atoms. The van der Waals surface area contributed by atoms with Crippen LogP contribution in [0, 0.1) is 40.4 Å². The zero-order valence-electron chi connectivity index (χ0n) is 22.1. The first-order chi connectivity index (χ1) is 15.6. The fourth-order valence-electron chi connectivity index (χ4n) is 9.26. The fourth-order valence-corrected chi connectivity index (χ4v) is 9.26. The third-order valence-electron chi connectivity index (χ3n) is 10.5. The van der Waals surface area contributed by atoms with Crippen LogP contribution >= 0.6 is 0 Å². The molecule has 0 unspecified atom stereocenters. The summed E-state index contributed by atoms with van der Waals surface area (Å²) in [6.45, 7) is 11.3. The van der Waals surface area contributed by atoms with Crippen molar-refractivity contribution >= 4 is 5.97 Å². The van der Waals surface area contributed by atoms with Crippen LogP contribution < -0.4 is 0 Å². The topological polar surface area (TPSA) is 46.5 Å². The van der Waals surface area contributed by atoms with E-state index in [9.17, 15) is 18.7 Å². The molecule has 0 amide bonds. The number of rotatable bonds is 6. The average Bonchev–Trinajstić information content (AvgIpc) is 3.03. The highest BCUT2D eigenvalue weighted by Gasteiger charge is 2.59. The lowest BCUT2D eigenvalue weighted by molar-refractivity contribution is -0.148. The Morgan fingerprint density at radius 1 is 1.18 bits per heavy atom. The highest BCUT2D eigenvalue weighted by atomic mass is 19.3. The van der Waals surface area contributed by atoms with E-state index in [-0.39, 0.29) is 35.2 Å². The van der Waals surface area contributed by atoms with Crippen molar-refractivity contribution in [3.63, 3.8) is 0 Å². The molecule has 4 aliphatic rings. The molecule has 34 heavy (non-hydrogen) atoms. The maximum absolute atomic E-state index is 14.8. The van der Waals surface area contributed by atoms with Crippen LogP contribution in [0.5, 0.6) is 0 Å². The average molecular weight is 481 g/mol. The number of ether oxygens (including phenoxy) is 1. The maximum atomic E-state index is 14.8. The normalized spacial score (nSPS) is 41.1. The second kappa shape index (κ2) is 8.85. The van der Waals surface area contributed by atoms with Crippen LogP contribution in [0.15, 0.2) is 11.6 Å². The lowest BCUT2D eigenvalue weighted by atomic mass is 9.47. The number of carbonyl (C=O) groups is 1. The predicted octanol–water partition coefficient (Wildman–Crippen LogP) is 7.32. The van der Waals surface area contributed by atoms with Gasteiger partial charge in [-0.3, -0.25) is 4.79 Å². The van der Waals surface area contributed by atoms with Gasteiger partial charge in [0.25, 0.3) is 5.92 Å². The van der Waals surface area contributed by atoms with Crippen LogP contribution in [0.1, 0.15) is 106 Å². The molecule has 194 valence electrons. The van der Waals surface area contributed by atoms with Crippen LogP contribution in [0.25, 0.3) is 0 Å². The van der Waals surface area contributed by atoms with Gasteiger partial charge in [-0.15, -0.1) is 0 Å². The van der Waals surface area contributed by atoms with E-state index >= 15 is 0 Å². The predicted molar refractivity (Wildman–Crippen MR) is 130 cm³/mol. The highest BCUT2D eigenvalue weighted by molar-refractivity contribution is 5.66. The smallest absolute Gasteiger partial charge is 0.302 e. The largest absolute Gasteiger partial charge is 0.462 e. The molecule has 3 saturated carbocycles. The number of hydrogen-bond acceptors (Lipinski definition) is 3. The third kappa shape index (κ3) is 4.84. The van der Waals surface area contributed by atoms with Gasteiger partial charge < -0.3 is 9.84 Å². The first kappa shape index (κ1) is 26.1. The number of alkyl halides is 2. The minimum absolute atomic E-state index is 0.0181. The molecule has 5 heteroatoms. The minimum atomic E-state index is -2.83. The first-order valence-corrected chi connectivity index (χ1v) is 13.6. The summed E-state index contributed by atoms with van der Waals surface area (Å²) in [5.41, 5.74) is 0.454. The molecule has 0 saturated heterocycles. The van der Waals surface area contributed by atoms with Gasteiger partial charge in [0.05, 0.1) is 5.60 Å². The molecule has 4 aliphatic carbocycles. The Hall–Kier alpha value is -0.970. The SMILES string of the molecule is CC(=O)O[C@H]1CC[C@@]2(C)C(=CC[C@H]3[C@@H]4CC[C@H]([C@H](C)CC(F)(F)CC(C)(C)O)[C@@]4(C)CC[C@@H]32)C1. The van der Waals surface area contributed by atoms with Gasteiger partial charge in [0, 0.05) is 26.2 Å². The maximum Gasteiger partial charge on any atom is 0.302 e. The molecule has 3 fully saturated rings. The number of carbonyl (C=O) groups excluding carboxylic acids is 1. The van der Waals surface area contributed by atoms with E-state index in [1.807, 2.05) is 6.92 Å². The quantitative estimate of drug-likeness (QED) is 0.320. The summed E-state index contributed by atoms with van der Waals surface area (Å²) in [7, 11) is 0. The van der Waals surface area contributed by atoms with Crippen molar-refractivity contribution in [1.82, 2.24) is 0 Å². The summed E-state index contributed by atoms with van der Waals surface area (Å²) in [5, 5.41) is 9.97. The van der Waals surface area contributed by atoms with Gasteiger partial charge in [-0.05, 0) is 99.2 Å². The Kier molecular flexibility index (Phi) is 6.80. The van der Waals surface area contributed by atoms with E-state index in [1.165, 1.54) is 32.8 Å². The first-order valence-electron chi connectivity index (χ1n) is 13.6. The van der Waals surface area contributed by atoms with Gasteiger partial charge in [-0.2, -0.15) is 0 Å². The summed E-state index contributed by atoms with van der Waals surface area (Å²) >= 11 is 0. The van der Waals surface area contributed by atoms with E-state index in [1.54, 1.807) is 0 Å². The van der Waals surface area contributed by atoms with Crippen molar-refractivity contribution in [3.05, 3.63) is 11.6 Å². The van der Waals surface area contributed by atoms with Gasteiger partial charge >= 0.3 is 5.97 Å². The van der Waals surface area contributed by atoms with Gasteiger partial charge in [0.15, 0.2) is 0 Å². The molecule has 0 radical (unpaired) electrons. The summed E-state index contributed by atoms with van der Waals surface area (Å²) in [6.07, 6.45) is 10.3. The van der Waals surface area contributed by atoms with Crippen molar-refractivity contribution in [2.45, 2.75) is 123 Å². The molecule has 0 aromatic carbocycles. The lowest BCUT2D eigenvalue weighted by Gasteiger charge is -2.58. The van der Waals surface area contributed by atoms with Gasteiger partial charge in [0.2, 0.25) is 0 Å². The van der Waals surface area contributed by atoms with Crippen molar-refractivity contribution in [3.8, 4) is 0 Å². The van der Waals surface area contributed by atoms with Gasteiger partial charge in [-0.1, -0.05) is 32.4 Å². The highest BCUT2D eigenvalue weighted by Crippen LogP contribution is 2.67. The van der Waals surface area contributed by atoms with Crippen molar-refractivity contribution in [1.29, 1.82) is 0 Å². The number of aliphatic hydroxyl groups is 1. The summed E-state index contributed by atoms with van der Waals surface area (Å²) in [4.78, 5) is 11.5. The number of allylic oxidation sites excluding steroid dienone is 1. The van der Waals surface area contributed by atoms with E-state index in [0.29, 0.717) is 23.7 Å². The fraction of sp³-hybridized carbons (Fsp3) is 0.897. The Morgan fingerprint density at radius 2 is 1.88 bits per heavy atom. The third-order valence-corrected chi connectivity index (χ3v) is 10.5. The van der Waals surface area contributed by atoms with Crippen molar-refractivity contribution in [2.75, 3.05) is 0 Å². The molecule has 0 heterocycles. The number of esters is 1. The molecule has 1 N–H and O–H groups in total. The molecular formula is C29H46F2O3. The Bertz CT molecular complexity index is 815. The van der Waals surface area contributed by atoms with Gasteiger partial charge in [0.1, 0.15) is 6.10 Å². The number of hydrogen-bond donors (Lipinski definition) is 1. The zero-order chi connectivity index (χ0) is 25.1. The van der Waals surface area contributed by atoms with E-state index in [4.69, 9.17) is 4.74 Å². The van der Waals surface area contributed by atoms with E-state index in [2.05, 4.69) is 19.9 Å². The second-order valence-corrected chi connectivity index (χ2v) is 13.5. The molecule has 0 spiro atoms. The van der Waals surface area contributed by atoms with E-state index < -0.39 is 17.9 Å². The number of halogens is 2. The summed E-state index contributed by atoms with van der Waals surface area (Å²) in [6, 6.07) is 0. The molecule has 3 nitrogen and oxygen atoms in total. The van der Waals surface area contributed by atoms with Crippen LogP contribution in [-0.4, -0.2) is 28.7 Å².